The fourth-order valence-corrected chi connectivity index (χ4v) is 2.70. The maximum absolute atomic E-state index is 11.0. The molecule has 1 aromatic carbocycles. The number of carbonyl (C=O) groups is 2. The van der Waals surface area contributed by atoms with Gasteiger partial charge >= 0.3 is 5.97 Å². The number of aryl methyl sites for hydroxylation is 1. The molecule has 5 nitrogen and oxygen atoms in total. The second kappa shape index (κ2) is 5.94. The van der Waals surface area contributed by atoms with Gasteiger partial charge in [-0.15, -0.1) is 0 Å². The molecule has 2 N–H and O–H groups in total. The van der Waals surface area contributed by atoms with Crippen LogP contribution in [-0.4, -0.2) is 36.1 Å². The number of rotatable bonds is 3. The zero-order chi connectivity index (χ0) is 14.7. The Balaban J connectivity index is 2.03. The molecule has 0 saturated carbocycles. The first-order chi connectivity index (χ1) is 9.47. The summed E-state index contributed by atoms with van der Waals surface area (Å²) in [6.45, 7) is 5.22. The van der Waals surface area contributed by atoms with Crippen LogP contribution in [-0.2, 0) is 4.79 Å². The molecule has 0 aliphatic carbocycles. The lowest BCUT2D eigenvalue weighted by Crippen LogP contribution is -2.44. The van der Waals surface area contributed by atoms with Gasteiger partial charge in [0.2, 0.25) is 5.91 Å². The van der Waals surface area contributed by atoms with E-state index in [1.165, 1.54) is 0 Å². The van der Waals surface area contributed by atoms with Crippen molar-refractivity contribution in [3.8, 4) is 0 Å². The number of hydrogen-bond acceptors (Lipinski definition) is 3. The summed E-state index contributed by atoms with van der Waals surface area (Å²) < 4.78 is 0. The Morgan fingerprint density at radius 2 is 1.95 bits per heavy atom. The van der Waals surface area contributed by atoms with Crippen molar-refractivity contribution in [2.75, 3.05) is 18.0 Å². The first-order valence-electron chi connectivity index (χ1n) is 6.83. The van der Waals surface area contributed by atoms with E-state index in [1.807, 2.05) is 13.0 Å². The number of carboxylic acid groups (broad SMARTS) is 1. The Morgan fingerprint density at radius 1 is 1.30 bits per heavy atom. The molecule has 20 heavy (non-hydrogen) atoms. The molecule has 1 aromatic rings. The highest BCUT2D eigenvalue weighted by molar-refractivity contribution is 5.88. The van der Waals surface area contributed by atoms with E-state index in [0.717, 1.165) is 37.2 Å². The molecule has 0 spiro atoms. The average Bonchev–Trinajstić information content (AvgIpc) is 2.39. The standard InChI is InChI=1S/C15H20N2O3/c1-10-9-12(15(19)20)3-4-14(10)17-7-5-13(6-8-17)16-11(2)18/h3-4,9,13H,5-8H2,1-2H3,(H,16,18)(H,19,20). The molecule has 108 valence electrons. The summed E-state index contributed by atoms with van der Waals surface area (Å²) in [5.74, 6) is -0.880. The van der Waals surface area contributed by atoms with E-state index in [1.54, 1.807) is 19.1 Å². The van der Waals surface area contributed by atoms with Crippen LogP contribution in [0.15, 0.2) is 18.2 Å². The largest absolute Gasteiger partial charge is 0.478 e. The van der Waals surface area contributed by atoms with Gasteiger partial charge in [0.1, 0.15) is 0 Å². The van der Waals surface area contributed by atoms with E-state index in [-0.39, 0.29) is 11.9 Å². The molecule has 2 rings (SSSR count). The lowest BCUT2D eigenvalue weighted by molar-refractivity contribution is -0.119. The van der Waals surface area contributed by atoms with E-state index < -0.39 is 5.97 Å². The van der Waals surface area contributed by atoms with Crippen molar-refractivity contribution >= 4 is 17.6 Å². The van der Waals surface area contributed by atoms with Crippen molar-refractivity contribution in [3.05, 3.63) is 29.3 Å². The number of carbonyl (C=O) groups excluding carboxylic acids is 1. The van der Waals surface area contributed by atoms with Crippen molar-refractivity contribution in [3.63, 3.8) is 0 Å². The number of carboxylic acids is 1. The average molecular weight is 276 g/mol. The molecule has 0 unspecified atom stereocenters. The van der Waals surface area contributed by atoms with Crippen LogP contribution in [0.5, 0.6) is 0 Å². The van der Waals surface area contributed by atoms with Crippen molar-refractivity contribution < 1.29 is 14.7 Å². The molecular formula is C15H20N2O3. The van der Waals surface area contributed by atoms with E-state index >= 15 is 0 Å². The molecule has 1 aliphatic heterocycles. The van der Waals surface area contributed by atoms with Crippen LogP contribution >= 0.6 is 0 Å². The lowest BCUT2D eigenvalue weighted by Gasteiger charge is -2.34. The quantitative estimate of drug-likeness (QED) is 0.883. The van der Waals surface area contributed by atoms with Gasteiger partial charge in [-0.3, -0.25) is 4.79 Å². The van der Waals surface area contributed by atoms with Gasteiger partial charge in [-0.2, -0.15) is 0 Å². The van der Waals surface area contributed by atoms with Crippen LogP contribution < -0.4 is 10.2 Å². The van der Waals surface area contributed by atoms with Crippen LogP contribution in [0.4, 0.5) is 5.69 Å². The van der Waals surface area contributed by atoms with Crippen LogP contribution in [0.2, 0.25) is 0 Å². The highest BCUT2D eigenvalue weighted by Crippen LogP contribution is 2.24. The van der Waals surface area contributed by atoms with Gasteiger partial charge in [-0.05, 0) is 43.5 Å². The first-order valence-corrected chi connectivity index (χ1v) is 6.83. The Labute approximate surface area is 118 Å². The van der Waals surface area contributed by atoms with Crippen molar-refractivity contribution in [2.24, 2.45) is 0 Å². The predicted molar refractivity (Wildman–Crippen MR) is 77.2 cm³/mol. The van der Waals surface area contributed by atoms with Crippen LogP contribution in [0, 0.1) is 6.92 Å². The van der Waals surface area contributed by atoms with Crippen LogP contribution in [0.25, 0.3) is 0 Å². The minimum atomic E-state index is -0.899. The third kappa shape index (κ3) is 3.29. The summed E-state index contributed by atoms with van der Waals surface area (Å²) in [6.07, 6.45) is 1.83. The second-order valence-electron chi connectivity index (χ2n) is 5.27. The molecule has 1 aliphatic rings. The van der Waals surface area contributed by atoms with Gasteiger partial charge in [0.15, 0.2) is 0 Å². The lowest BCUT2D eigenvalue weighted by atomic mass is 10.0. The molecule has 5 heteroatoms. The van der Waals surface area contributed by atoms with Gasteiger partial charge in [-0.1, -0.05) is 0 Å². The van der Waals surface area contributed by atoms with Crippen molar-refractivity contribution in [2.45, 2.75) is 32.7 Å². The fourth-order valence-electron chi connectivity index (χ4n) is 2.70. The SMILES string of the molecule is CC(=O)NC1CCN(c2ccc(C(=O)O)cc2C)CC1. The van der Waals surface area contributed by atoms with Gasteiger partial charge in [0.05, 0.1) is 5.56 Å². The smallest absolute Gasteiger partial charge is 0.335 e. The zero-order valence-electron chi connectivity index (χ0n) is 11.8. The zero-order valence-corrected chi connectivity index (χ0v) is 11.8. The van der Waals surface area contributed by atoms with Gasteiger partial charge in [0.25, 0.3) is 0 Å². The Morgan fingerprint density at radius 3 is 2.45 bits per heavy atom. The molecule has 1 amide bonds. The monoisotopic (exact) mass is 276 g/mol. The molecule has 0 bridgehead atoms. The van der Waals surface area contributed by atoms with Crippen molar-refractivity contribution in [1.29, 1.82) is 0 Å². The summed E-state index contributed by atoms with van der Waals surface area (Å²) in [5, 5.41) is 11.9. The minimum absolute atomic E-state index is 0.0189. The van der Waals surface area contributed by atoms with E-state index in [0.29, 0.717) is 5.56 Å². The topological polar surface area (TPSA) is 69.6 Å². The number of hydrogen-bond donors (Lipinski definition) is 2. The number of aromatic carboxylic acids is 1. The number of amides is 1. The molecular weight excluding hydrogens is 256 g/mol. The first kappa shape index (κ1) is 14.4. The minimum Gasteiger partial charge on any atom is -0.478 e. The molecule has 1 saturated heterocycles. The number of benzene rings is 1. The molecule has 0 radical (unpaired) electrons. The van der Waals surface area contributed by atoms with Gasteiger partial charge in [-0.25, -0.2) is 4.79 Å². The molecule has 0 atom stereocenters. The van der Waals surface area contributed by atoms with Gasteiger partial charge in [0, 0.05) is 31.7 Å². The molecule has 0 aromatic heterocycles. The van der Waals surface area contributed by atoms with Crippen molar-refractivity contribution in [1.82, 2.24) is 5.32 Å². The number of anilines is 1. The third-order valence-corrected chi connectivity index (χ3v) is 3.69. The maximum atomic E-state index is 11.0. The summed E-state index contributed by atoms with van der Waals surface area (Å²) in [5.41, 5.74) is 2.37. The van der Waals surface area contributed by atoms with E-state index in [2.05, 4.69) is 10.2 Å². The highest BCUT2D eigenvalue weighted by Gasteiger charge is 2.21. The number of nitrogens with one attached hydrogen (secondary N) is 1. The molecule has 1 heterocycles. The fraction of sp³-hybridized carbons (Fsp3) is 0.467. The normalized spacial score (nSPS) is 16.0. The number of nitrogens with zero attached hydrogens (tertiary/aromatic N) is 1. The second-order valence-corrected chi connectivity index (χ2v) is 5.27. The number of piperidine rings is 1. The van der Waals surface area contributed by atoms with E-state index in [4.69, 9.17) is 5.11 Å². The maximum Gasteiger partial charge on any atom is 0.335 e. The van der Waals surface area contributed by atoms with E-state index in [9.17, 15) is 9.59 Å². The Bertz CT molecular complexity index is 520. The van der Waals surface area contributed by atoms with Gasteiger partial charge < -0.3 is 15.3 Å². The van der Waals surface area contributed by atoms with Crippen LogP contribution in [0.1, 0.15) is 35.7 Å². The Kier molecular flexibility index (Phi) is 4.27. The summed E-state index contributed by atoms with van der Waals surface area (Å²) in [6, 6.07) is 5.47. The van der Waals surface area contributed by atoms with Crippen LogP contribution in [0.3, 0.4) is 0 Å². The Hall–Kier alpha value is -2.04. The summed E-state index contributed by atoms with van der Waals surface area (Å²) in [4.78, 5) is 24.2. The summed E-state index contributed by atoms with van der Waals surface area (Å²) >= 11 is 0. The highest BCUT2D eigenvalue weighted by atomic mass is 16.4. The third-order valence-electron chi connectivity index (χ3n) is 3.69. The predicted octanol–water partition coefficient (Wildman–Crippen LogP) is 1.80. The summed E-state index contributed by atoms with van der Waals surface area (Å²) in [7, 11) is 0. The molecule has 1 fully saturated rings.